The lowest BCUT2D eigenvalue weighted by atomic mass is 10.3. The van der Waals surface area contributed by atoms with E-state index >= 15 is 0 Å². The summed E-state index contributed by atoms with van der Waals surface area (Å²) >= 11 is 0. The van der Waals surface area contributed by atoms with Crippen molar-refractivity contribution in [3.05, 3.63) is 30.1 Å². The molecular weight excluding hydrogens is 231 g/mol. The standard InChI is InChI=1S/C14H21FN2O/c15-13-3-5-14(6-4-13)18-12-2-10-17-9-1-7-16-8-11-17/h3-6,16H,1-2,7-12H2. The van der Waals surface area contributed by atoms with Crippen LogP contribution in [0.15, 0.2) is 24.3 Å². The lowest BCUT2D eigenvalue weighted by Gasteiger charge is -2.19. The summed E-state index contributed by atoms with van der Waals surface area (Å²) in [5.41, 5.74) is 0. The molecule has 1 aliphatic rings. The third-order valence-electron chi connectivity index (χ3n) is 3.13. The topological polar surface area (TPSA) is 24.5 Å². The Balaban J connectivity index is 1.61. The van der Waals surface area contributed by atoms with Gasteiger partial charge in [0.25, 0.3) is 0 Å². The van der Waals surface area contributed by atoms with E-state index in [-0.39, 0.29) is 5.82 Å². The molecule has 0 spiro atoms. The van der Waals surface area contributed by atoms with Crippen molar-refractivity contribution in [3.63, 3.8) is 0 Å². The normalized spacial score (nSPS) is 17.4. The zero-order valence-electron chi connectivity index (χ0n) is 10.7. The summed E-state index contributed by atoms with van der Waals surface area (Å²) in [5.74, 6) is 0.522. The van der Waals surface area contributed by atoms with E-state index in [0.717, 1.165) is 38.3 Å². The molecule has 0 amide bonds. The summed E-state index contributed by atoms with van der Waals surface area (Å²) in [7, 11) is 0. The average Bonchev–Trinajstić information content (AvgIpc) is 2.65. The number of nitrogens with one attached hydrogen (secondary N) is 1. The van der Waals surface area contributed by atoms with Gasteiger partial charge in [-0.3, -0.25) is 0 Å². The maximum absolute atomic E-state index is 12.7. The highest BCUT2D eigenvalue weighted by Crippen LogP contribution is 2.11. The van der Waals surface area contributed by atoms with Crippen molar-refractivity contribution in [2.24, 2.45) is 0 Å². The lowest BCUT2D eigenvalue weighted by molar-refractivity contribution is 0.243. The van der Waals surface area contributed by atoms with E-state index in [4.69, 9.17) is 4.74 Å². The van der Waals surface area contributed by atoms with Crippen molar-refractivity contribution < 1.29 is 9.13 Å². The zero-order valence-corrected chi connectivity index (χ0v) is 10.7. The van der Waals surface area contributed by atoms with Crippen LogP contribution in [0.4, 0.5) is 4.39 Å². The van der Waals surface area contributed by atoms with Gasteiger partial charge in [0, 0.05) is 19.6 Å². The van der Waals surface area contributed by atoms with E-state index in [1.807, 2.05) is 0 Å². The third-order valence-corrected chi connectivity index (χ3v) is 3.13. The highest BCUT2D eigenvalue weighted by atomic mass is 19.1. The molecule has 1 saturated heterocycles. The second-order valence-electron chi connectivity index (χ2n) is 4.60. The van der Waals surface area contributed by atoms with Crippen molar-refractivity contribution in [3.8, 4) is 5.75 Å². The molecule has 1 aromatic carbocycles. The minimum Gasteiger partial charge on any atom is -0.494 e. The number of ether oxygens (including phenoxy) is 1. The van der Waals surface area contributed by atoms with Gasteiger partial charge >= 0.3 is 0 Å². The van der Waals surface area contributed by atoms with Crippen LogP contribution in [-0.4, -0.2) is 44.2 Å². The Morgan fingerprint density at radius 3 is 2.83 bits per heavy atom. The molecule has 1 N–H and O–H groups in total. The number of rotatable bonds is 5. The SMILES string of the molecule is Fc1ccc(OCCCN2CCCNCC2)cc1. The fourth-order valence-corrected chi connectivity index (χ4v) is 2.13. The van der Waals surface area contributed by atoms with Crippen LogP contribution in [0.1, 0.15) is 12.8 Å². The summed E-state index contributed by atoms with van der Waals surface area (Å²) in [6, 6.07) is 6.20. The number of benzene rings is 1. The van der Waals surface area contributed by atoms with Crippen molar-refractivity contribution in [2.45, 2.75) is 12.8 Å². The van der Waals surface area contributed by atoms with Crippen LogP contribution < -0.4 is 10.1 Å². The first-order chi connectivity index (χ1) is 8.84. The van der Waals surface area contributed by atoms with Crippen molar-refractivity contribution >= 4 is 0 Å². The molecule has 0 bridgehead atoms. The predicted molar refractivity (Wildman–Crippen MR) is 70.4 cm³/mol. The molecule has 1 fully saturated rings. The Morgan fingerprint density at radius 1 is 1.17 bits per heavy atom. The van der Waals surface area contributed by atoms with Crippen LogP contribution >= 0.6 is 0 Å². The van der Waals surface area contributed by atoms with Crippen molar-refractivity contribution in [1.82, 2.24) is 10.2 Å². The van der Waals surface area contributed by atoms with Crippen LogP contribution in [0.5, 0.6) is 5.75 Å². The fourth-order valence-electron chi connectivity index (χ4n) is 2.13. The van der Waals surface area contributed by atoms with Crippen LogP contribution in [0, 0.1) is 5.82 Å². The van der Waals surface area contributed by atoms with E-state index < -0.39 is 0 Å². The maximum atomic E-state index is 12.7. The molecule has 3 nitrogen and oxygen atoms in total. The van der Waals surface area contributed by atoms with Gasteiger partial charge in [-0.15, -0.1) is 0 Å². The van der Waals surface area contributed by atoms with Gasteiger partial charge in [0.15, 0.2) is 0 Å². The van der Waals surface area contributed by atoms with Crippen LogP contribution in [0.25, 0.3) is 0 Å². The minimum atomic E-state index is -0.223. The van der Waals surface area contributed by atoms with Gasteiger partial charge in [0.05, 0.1) is 6.61 Å². The smallest absolute Gasteiger partial charge is 0.123 e. The molecule has 18 heavy (non-hydrogen) atoms. The molecule has 1 aliphatic heterocycles. The van der Waals surface area contributed by atoms with Gasteiger partial charge < -0.3 is 15.0 Å². The summed E-state index contributed by atoms with van der Waals surface area (Å²) in [5, 5.41) is 3.39. The van der Waals surface area contributed by atoms with Crippen molar-refractivity contribution in [1.29, 1.82) is 0 Å². The molecule has 0 radical (unpaired) electrons. The van der Waals surface area contributed by atoms with Crippen LogP contribution in [0.2, 0.25) is 0 Å². The summed E-state index contributed by atoms with van der Waals surface area (Å²) in [6.07, 6.45) is 2.23. The number of nitrogens with zero attached hydrogens (tertiary/aromatic N) is 1. The molecule has 0 unspecified atom stereocenters. The number of hydrogen-bond donors (Lipinski definition) is 1. The Kier molecular flexibility index (Phi) is 5.42. The first-order valence-corrected chi connectivity index (χ1v) is 6.66. The molecule has 4 heteroatoms. The zero-order chi connectivity index (χ0) is 12.6. The third kappa shape index (κ3) is 4.63. The van der Waals surface area contributed by atoms with Crippen LogP contribution in [-0.2, 0) is 0 Å². The highest BCUT2D eigenvalue weighted by molar-refractivity contribution is 5.21. The number of hydrogen-bond acceptors (Lipinski definition) is 3. The van der Waals surface area contributed by atoms with Gasteiger partial charge in [-0.2, -0.15) is 0 Å². The first kappa shape index (κ1) is 13.3. The summed E-state index contributed by atoms with van der Waals surface area (Å²) < 4.78 is 18.3. The Bertz CT molecular complexity index is 334. The van der Waals surface area contributed by atoms with Crippen LogP contribution in [0.3, 0.4) is 0 Å². The second kappa shape index (κ2) is 7.34. The van der Waals surface area contributed by atoms with Gasteiger partial charge in [0.2, 0.25) is 0 Å². The molecule has 0 atom stereocenters. The molecule has 0 aliphatic carbocycles. The lowest BCUT2D eigenvalue weighted by Crippen LogP contribution is -2.29. The maximum Gasteiger partial charge on any atom is 0.123 e. The molecule has 1 aromatic rings. The molecular formula is C14H21FN2O. The van der Waals surface area contributed by atoms with Gasteiger partial charge in [0.1, 0.15) is 11.6 Å². The fraction of sp³-hybridized carbons (Fsp3) is 0.571. The van der Waals surface area contributed by atoms with E-state index in [1.165, 1.54) is 25.1 Å². The van der Waals surface area contributed by atoms with Gasteiger partial charge in [-0.1, -0.05) is 0 Å². The van der Waals surface area contributed by atoms with E-state index in [2.05, 4.69) is 10.2 Å². The Labute approximate surface area is 108 Å². The summed E-state index contributed by atoms with van der Waals surface area (Å²) in [4.78, 5) is 2.47. The largest absolute Gasteiger partial charge is 0.494 e. The Morgan fingerprint density at radius 2 is 2.00 bits per heavy atom. The Hall–Kier alpha value is -1.13. The number of halogens is 1. The molecule has 2 rings (SSSR count). The summed E-state index contributed by atoms with van der Waals surface area (Å²) in [6.45, 7) is 6.26. The molecule has 0 saturated carbocycles. The van der Waals surface area contributed by atoms with E-state index in [9.17, 15) is 4.39 Å². The van der Waals surface area contributed by atoms with E-state index in [0.29, 0.717) is 6.61 Å². The predicted octanol–water partition coefficient (Wildman–Crippen LogP) is 1.89. The molecule has 0 aromatic heterocycles. The minimum absolute atomic E-state index is 0.223. The average molecular weight is 252 g/mol. The molecule has 1 heterocycles. The van der Waals surface area contributed by atoms with Crippen molar-refractivity contribution in [2.75, 3.05) is 39.3 Å². The highest BCUT2D eigenvalue weighted by Gasteiger charge is 2.07. The first-order valence-electron chi connectivity index (χ1n) is 6.66. The molecule has 100 valence electrons. The van der Waals surface area contributed by atoms with Gasteiger partial charge in [-0.25, -0.2) is 4.39 Å². The quantitative estimate of drug-likeness (QED) is 0.810. The van der Waals surface area contributed by atoms with E-state index in [1.54, 1.807) is 12.1 Å². The monoisotopic (exact) mass is 252 g/mol. The second-order valence-corrected chi connectivity index (χ2v) is 4.60. The van der Waals surface area contributed by atoms with Gasteiger partial charge in [-0.05, 0) is 50.2 Å².